The molecule has 0 aliphatic heterocycles. The van der Waals surface area contributed by atoms with Crippen LogP contribution in [0.3, 0.4) is 0 Å². The molecular formula is C16H15N3O5. The molecule has 2 heterocycles. The molecule has 0 radical (unpaired) electrons. The Hall–Kier alpha value is -3.29. The average molecular weight is 329 g/mol. The number of aryl methyl sites for hydroxylation is 1. The molecule has 0 spiro atoms. The van der Waals surface area contributed by atoms with Crippen LogP contribution < -0.4 is 16.4 Å². The number of amides is 2. The number of hydrogen-bond acceptors (Lipinski definition) is 5. The summed E-state index contributed by atoms with van der Waals surface area (Å²) in [6.45, 7) is 0.284. The van der Waals surface area contributed by atoms with E-state index in [1.807, 2.05) is 0 Å². The van der Waals surface area contributed by atoms with Gasteiger partial charge in [-0.15, -0.1) is 0 Å². The molecule has 3 aromatic rings. The molecule has 0 unspecified atom stereocenters. The minimum Gasteiger partial charge on any atom is -0.469 e. The summed E-state index contributed by atoms with van der Waals surface area (Å²) in [5.74, 6) is -1.33. The van der Waals surface area contributed by atoms with E-state index in [9.17, 15) is 14.4 Å². The van der Waals surface area contributed by atoms with Gasteiger partial charge in [0.2, 0.25) is 0 Å². The first kappa shape index (κ1) is 15.6. The van der Waals surface area contributed by atoms with E-state index < -0.39 is 17.6 Å². The molecule has 0 bridgehead atoms. The van der Waals surface area contributed by atoms with Gasteiger partial charge in [0, 0.05) is 31.8 Å². The Bertz CT molecular complexity index is 936. The Balaban J connectivity index is 1.59. The van der Waals surface area contributed by atoms with Crippen LogP contribution in [-0.2, 0) is 23.1 Å². The Morgan fingerprint density at radius 2 is 2.04 bits per heavy atom. The van der Waals surface area contributed by atoms with Gasteiger partial charge in [-0.05, 0) is 24.3 Å². The van der Waals surface area contributed by atoms with Crippen LogP contribution in [0.1, 0.15) is 5.76 Å². The fourth-order valence-corrected chi connectivity index (χ4v) is 2.23. The van der Waals surface area contributed by atoms with E-state index in [1.54, 1.807) is 37.6 Å². The molecule has 2 aromatic heterocycles. The highest BCUT2D eigenvalue weighted by molar-refractivity contribution is 6.39. The normalized spacial score (nSPS) is 10.7. The van der Waals surface area contributed by atoms with Crippen molar-refractivity contribution < 1.29 is 18.4 Å². The van der Waals surface area contributed by atoms with Crippen LogP contribution in [0.15, 0.2) is 50.2 Å². The van der Waals surface area contributed by atoms with Gasteiger partial charge in [-0.3, -0.25) is 14.2 Å². The average Bonchev–Trinajstić information content (AvgIpc) is 3.16. The van der Waals surface area contributed by atoms with Crippen LogP contribution in [0, 0.1) is 0 Å². The van der Waals surface area contributed by atoms with Crippen LogP contribution >= 0.6 is 0 Å². The van der Waals surface area contributed by atoms with Crippen LogP contribution in [0.5, 0.6) is 0 Å². The summed E-state index contributed by atoms with van der Waals surface area (Å²) < 4.78 is 11.5. The third kappa shape index (κ3) is 3.22. The summed E-state index contributed by atoms with van der Waals surface area (Å²) in [6.07, 6.45) is 2.04. The first-order chi connectivity index (χ1) is 11.5. The minimum absolute atomic E-state index is 0.284. The van der Waals surface area contributed by atoms with Crippen molar-refractivity contribution in [3.05, 3.63) is 52.9 Å². The van der Waals surface area contributed by atoms with E-state index in [2.05, 4.69) is 10.6 Å². The van der Waals surface area contributed by atoms with E-state index in [0.717, 1.165) is 5.76 Å². The lowest BCUT2D eigenvalue weighted by molar-refractivity contribution is -0.136. The Kier molecular flexibility index (Phi) is 4.19. The van der Waals surface area contributed by atoms with Crippen molar-refractivity contribution in [1.29, 1.82) is 0 Å². The fraction of sp³-hybridized carbons (Fsp3) is 0.188. The summed E-state index contributed by atoms with van der Waals surface area (Å²) >= 11 is 0. The topological polar surface area (TPSA) is 106 Å². The highest BCUT2D eigenvalue weighted by atomic mass is 16.4. The number of anilines is 1. The largest absolute Gasteiger partial charge is 0.469 e. The minimum atomic E-state index is -0.799. The van der Waals surface area contributed by atoms with E-state index >= 15 is 0 Å². The van der Waals surface area contributed by atoms with Crippen molar-refractivity contribution in [2.24, 2.45) is 7.05 Å². The molecule has 24 heavy (non-hydrogen) atoms. The molecule has 8 heteroatoms. The predicted molar refractivity (Wildman–Crippen MR) is 85.5 cm³/mol. The number of fused-ring (bicyclic) bond motifs is 1. The first-order valence-corrected chi connectivity index (χ1v) is 7.26. The van der Waals surface area contributed by atoms with E-state index in [-0.39, 0.29) is 6.54 Å². The quantitative estimate of drug-likeness (QED) is 0.695. The summed E-state index contributed by atoms with van der Waals surface area (Å²) in [4.78, 5) is 35.1. The highest BCUT2D eigenvalue weighted by Gasteiger charge is 2.14. The van der Waals surface area contributed by atoms with Gasteiger partial charge in [-0.25, -0.2) is 4.79 Å². The number of carbonyl (C=O) groups is 2. The second-order valence-corrected chi connectivity index (χ2v) is 5.15. The highest BCUT2D eigenvalue weighted by Crippen LogP contribution is 2.17. The molecule has 8 nitrogen and oxygen atoms in total. The predicted octanol–water partition coefficient (Wildman–Crippen LogP) is 1.02. The second kappa shape index (κ2) is 6.45. The molecule has 0 saturated carbocycles. The number of hydrogen-bond donors (Lipinski definition) is 2. The SMILES string of the molecule is Cn1c(=O)oc2cc(NC(=O)C(=O)NCCc3ccco3)ccc21. The van der Waals surface area contributed by atoms with Gasteiger partial charge in [0.1, 0.15) is 5.76 Å². The molecule has 2 amide bonds. The molecule has 0 fully saturated rings. The molecule has 0 aliphatic carbocycles. The van der Waals surface area contributed by atoms with E-state index in [1.165, 1.54) is 10.6 Å². The molecule has 3 rings (SSSR count). The summed E-state index contributed by atoms with van der Waals surface area (Å²) in [5.41, 5.74) is 1.29. The number of furan rings is 1. The third-order valence-corrected chi connectivity index (χ3v) is 3.49. The zero-order valence-corrected chi connectivity index (χ0v) is 12.9. The van der Waals surface area contributed by atoms with Gasteiger partial charge in [0.15, 0.2) is 5.58 Å². The van der Waals surface area contributed by atoms with Crippen LogP contribution in [0.2, 0.25) is 0 Å². The van der Waals surface area contributed by atoms with Gasteiger partial charge in [0.25, 0.3) is 0 Å². The molecule has 1 aromatic carbocycles. The van der Waals surface area contributed by atoms with Crippen molar-refractivity contribution in [1.82, 2.24) is 9.88 Å². The van der Waals surface area contributed by atoms with E-state index in [4.69, 9.17) is 8.83 Å². The maximum Gasteiger partial charge on any atom is 0.419 e. The van der Waals surface area contributed by atoms with Crippen LogP contribution in [0.25, 0.3) is 11.1 Å². The molecule has 0 atom stereocenters. The van der Waals surface area contributed by atoms with Crippen molar-refractivity contribution in [3.8, 4) is 0 Å². The number of oxazole rings is 1. The summed E-state index contributed by atoms with van der Waals surface area (Å²) in [7, 11) is 1.58. The zero-order chi connectivity index (χ0) is 17.1. The standard InChI is InChI=1S/C16H15N3O5/c1-19-12-5-4-10(9-13(12)24-16(19)22)18-15(21)14(20)17-7-6-11-3-2-8-23-11/h2-5,8-9H,6-7H2,1H3,(H,17,20)(H,18,21). The lowest BCUT2D eigenvalue weighted by atomic mass is 10.2. The van der Waals surface area contributed by atoms with Crippen LogP contribution in [0.4, 0.5) is 5.69 Å². The molecule has 124 valence electrons. The Morgan fingerprint density at radius 1 is 1.21 bits per heavy atom. The Morgan fingerprint density at radius 3 is 2.79 bits per heavy atom. The third-order valence-electron chi connectivity index (χ3n) is 3.49. The number of rotatable bonds is 4. The van der Waals surface area contributed by atoms with Gasteiger partial charge >= 0.3 is 17.6 Å². The van der Waals surface area contributed by atoms with Gasteiger partial charge in [-0.1, -0.05) is 0 Å². The first-order valence-electron chi connectivity index (χ1n) is 7.26. The maximum atomic E-state index is 11.9. The van der Waals surface area contributed by atoms with Crippen molar-refractivity contribution >= 4 is 28.6 Å². The van der Waals surface area contributed by atoms with Crippen molar-refractivity contribution in [2.75, 3.05) is 11.9 Å². The smallest absolute Gasteiger partial charge is 0.419 e. The van der Waals surface area contributed by atoms with E-state index in [0.29, 0.717) is 23.2 Å². The summed E-state index contributed by atoms with van der Waals surface area (Å²) in [6, 6.07) is 8.25. The molecular weight excluding hydrogens is 314 g/mol. The number of nitrogens with zero attached hydrogens (tertiary/aromatic N) is 1. The monoisotopic (exact) mass is 329 g/mol. The number of benzene rings is 1. The van der Waals surface area contributed by atoms with Gasteiger partial charge < -0.3 is 19.5 Å². The lowest BCUT2D eigenvalue weighted by Gasteiger charge is -2.06. The van der Waals surface area contributed by atoms with Crippen molar-refractivity contribution in [2.45, 2.75) is 6.42 Å². The lowest BCUT2D eigenvalue weighted by Crippen LogP contribution is -2.36. The number of aromatic nitrogens is 1. The fourth-order valence-electron chi connectivity index (χ4n) is 2.23. The van der Waals surface area contributed by atoms with Crippen LogP contribution in [-0.4, -0.2) is 22.9 Å². The Labute approximate surface area is 136 Å². The number of carbonyl (C=O) groups excluding carboxylic acids is 2. The number of nitrogens with one attached hydrogen (secondary N) is 2. The van der Waals surface area contributed by atoms with Gasteiger partial charge in [0.05, 0.1) is 11.8 Å². The summed E-state index contributed by atoms with van der Waals surface area (Å²) in [5, 5.41) is 4.96. The molecule has 0 saturated heterocycles. The van der Waals surface area contributed by atoms with Gasteiger partial charge in [-0.2, -0.15) is 0 Å². The zero-order valence-electron chi connectivity index (χ0n) is 12.9. The molecule has 2 N–H and O–H groups in total. The van der Waals surface area contributed by atoms with Crippen molar-refractivity contribution in [3.63, 3.8) is 0 Å². The maximum absolute atomic E-state index is 11.9. The second-order valence-electron chi connectivity index (χ2n) is 5.15. The molecule has 0 aliphatic rings.